The first-order chi connectivity index (χ1) is 11.8. The van der Waals surface area contributed by atoms with Crippen molar-refractivity contribution >= 4 is 42.2 Å². The predicted molar refractivity (Wildman–Crippen MR) is 110 cm³/mol. The second-order valence-corrected chi connectivity index (χ2v) is 6.47. The molecule has 0 spiro atoms. The molecule has 7 heteroatoms. The van der Waals surface area contributed by atoms with Gasteiger partial charge in [-0.3, -0.25) is 4.79 Å². The van der Waals surface area contributed by atoms with Gasteiger partial charge >= 0.3 is 0 Å². The Morgan fingerprint density at radius 2 is 1.96 bits per heavy atom. The molecule has 2 aromatic rings. The van der Waals surface area contributed by atoms with E-state index in [-0.39, 0.29) is 36.8 Å². The second-order valence-electron chi connectivity index (χ2n) is 6.47. The highest BCUT2D eigenvalue weighted by Crippen LogP contribution is 2.23. The number of carbonyl (C=O) groups excluding carboxylic acids is 1. The molecular formula is C19H24Cl2N4O. The van der Waals surface area contributed by atoms with Crippen LogP contribution in [0.3, 0.4) is 0 Å². The smallest absolute Gasteiger partial charge is 0.251 e. The molecule has 1 fully saturated rings. The van der Waals surface area contributed by atoms with Gasteiger partial charge in [0.25, 0.3) is 5.91 Å². The van der Waals surface area contributed by atoms with Crippen LogP contribution in [0.1, 0.15) is 28.8 Å². The number of fused-ring (bicyclic) bond motifs is 1. The molecule has 1 aromatic carbocycles. The third-order valence-corrected chi connectivity index (χ3v) is 4.88. The van der Waals surface area contributed by atoms with Crippen LogP contribution in [0.5, 0.6) is 0 Å². The van der Waals surface area contributed by atoms with Crippen molar-refractivity contribution < 1.29 is 4.79 Å². The van der Waals surface area contributed by atoms with E-state index in [0.717, 1.165) is 56.0 Å². The van der Waals surface area contributed by atoms with Crippen LogP contribution in [0.15, 0.2) is 42.6 Å². The van der Waals surface area contributed by atoms with E-state index in [9.17, 15) is 4.79 Å². The minimum atomic E-state index is 0. The van der Waals surface area contributed by atoms with Crippen LogP contribution in [-0.2, 0) is 6.42 Å². The Kier molecular flexibility index (Phi) is 7.12. The summed E-state index contributed by atoms with van der Waals surface area (Å²) in [5.74, 6) is 1.06. The van der Waals surface area contributed by atoms with Gasteiger partial charge in [0.2, 0.25) is 0 Å². The van der Waals surface area contributed by atoms with Crippen molar-refractivity contribution in [1.82, 2.24) is 10.3 Å². The molecule has 1 aromatic heterocycles. The molecule has 3 heterocycles. The molecule has 0 saturated carbocycles. The number of nitrogens with zero attached hydrogens (tertiary/aromatic N) is 2. The molecule has 1 saturated heterocycles. The lowest BCUT2D eigenvalue weighted by atomic mass is 10.0. The molecule has 0 radical (unpaired) electrons. The summed E-state index contributed by atoms with van der Waals surface area (Å²) in [5.41, 5.74) is 3.17. The van der Waals surface area contributed by atoms with E-state index < -0.39 is 0 Å². The Morgan fingerprint density at radius 1 is 1.15 bits per heavy atom. The molecule has 140 valence electrons. The lowest BCUT2D eigenvalue weighted by molar-refractivity contribution is 0.0931. The van der Waals surface area contributed by atoms with Gasteiger partial charge in [0, 0.05) is 43.1 Å². The quantitative estimate of drug-likeness (QED) is 0.838. The van der Waals surface area contributed by atoms with Crippen LogP contribution in [0.4, 0.5) is 11.5 Å². The Bertz CT molecular complexity index is 734. The summed E-state index contributed by atoms with van der Waals surface area (Å²) in [7, 11) is 0. The highest BCUT2D eigenvalue weighted by atomic mass is 35.5. The number of halogens is 2. The average Bonchev–Trinajstić information content (AvgIpc) is 3.11. The van der Waals surface area contributed by atoms with Crippen LogP contribution >= 0.6 is 24.8 Å². The summed E-state index contributed by atoms with van der Waals surface area (Å²) in [5, 5.41) is 6.52. The van der Waals surface area contributed by atoms with Crippen molar-refractivity contribution in [1.29, 1.82) is 0 Å². The molecule has 5 nitrogen and oxygen atoms in total. The fourth-order valence-corrected chi connectivity index (χ4v) is 3.51. The van der Waals surface area contributed by atoms with Gasteiger partial charge in [0.15, 0.2) is 0 Å². The summed E-state index contributed by atoms with van der Waals surface area (Å²) in [6, 6.07) is 12.2. The normalized spacial score (nSPS) is 15.9. The maximum absolute atomic E-state index is 12.5. The lowest BCUT2D eigenvalue weighted by Crippen LogP contribution is -2.45. The van der Waals surface area contributed by atoms with Gasteiger partial charge in [-0.1, -0.05) is 6.07 Å². The predicted octanol–water partition coefficient (Wildman–Crippen LogP) is 3.29. The molecule has 0 aliphatic carbocycles. The Balaban J connectivity index is 0.00000121. The van der Waals surface area contributed by atoms with Gasteiger partial charge in [-0.2, -0.15) is 0 Å². The number of benzene rings is 1. The molecule has 2 aliphatic rings. The van der Waals surface area contributed by atoms with E-state index in [0.29, 0.717) is 0 Å². The fraction of sp³-hybridized carbons (Fsp3) is 0.368. The van der Waals surface area contributed by atoms with Crippen molar-refractivity contribution in [3.8, 4) is 0 Å². The summed E-state index contributed by atoms with van der Waals surface area (Å²) < 4.78 is 0. The summed E-state index contributed by atoms with van der Waals surface area (Å²) in [6.07, 6.45) is 4.73. The van der Waals surface area contributed by atoms with Crippen LogP contribution < -0.4 is 15.5 Å². The van der Waals surface area contributed by atoms with Crippen LogP contribution in [0.2, 0.25) is 0 Å². The molecule has 26 heavy (non-hydrogen) atoms. The van der Waals surface area contributed by atoms with E-state index >= 15 is 0 Å². The van der Waals surface area contributed by atoms with Crippen molar-refractivity contribution in [2.75, 3.05) is 29.9 Å². The van der Waals surface area contributed by atoms with Crippen molar-refractivity contribution in [2.24, 2.45) is 0 Å². The summed E-state index contributed by atoms with van der Waals surface area (Å²) >= 11 is 0. The highest BCUT2D eigenvalue weighted by Gasteiger charge is 2.22. The first-order valence-corrected chi connectivity index (χ1v) is 8.63. The Morgan fingerprint density at radius 3 is 2.69 bits per heavy atom. The topological polar surface area (TPSA) is 57.3 Å². The zero-order valence-electron chi connectivity index (χ0n) is 14.5. The first kappa shape index (κ1) is 20.3. The van der Waals surface area contributed by atoms with E-state index in [1.807, 2.05) is 42.6 Å². The highest BCUT2D eigenvalue weighted by molar-refractivity contribution is 5.95. The minimum absolute atomic E-state index is 0. The number of carbonyl (C=O) groups is 1. The number of nitrogens with one attached hydrogen (secondary N) is 2. The van der Waals surface area contributed by atoms with E-state index in [2.05, 4.69) is 20.5 Å². The SMILES string of the molecule is Cl.Cl.O=C(NC1CCN(c2ccccn2)CC1)c1ccc2c(c1)CCN2. The third kappa shape index (κ3) is 4.40. The lowest BCUT2D eigenvalue weighted by Gasteiger charge is -2.33. The van der Waals surface area contributed by atoms with Gasteiger partial charge in [-0.25, -0.2) is 4.98 Å². The minimum Gasteiger partial charge on any atom is -0.384 e. The molecule has 2 aliphatic heterocycles. The van der Waals surface area contributed by atoms with E-state index in [1.54, 1.807) is 0 Å². The van der Waals surface area contributed by atoms with Gasteiger partial charge in [-0.15, -0.1) is 24.8 Å². The number of pyridine rings is 1. The molecular weight excluding hydrogens is 371 g/mol. The number of hydrogen-bond donors (Lipinski definition) is 2. The van der Waals surface area contributed by atoms with Crippen molar-refractivity contribution in [3.63, 3.8) is 0 Å². The molecule has 2 N–H and O–H groups in total. The maximum Gasteiger partial charge on any atom is 0.251 e. The zero-order chi connectivity index (χ0) is 16.4. The standard InChI is InChI=1S/C19H22N4O.2ClH/c24-19(15-4-5-17-14(13-15)6-10-20-17)22-16-7-11-23(12-8-16)18-3-1-2-9-21-18;;/h1-5,9,13,16,20H,6-8,10-12H2,(H,22,24);2*1H. The molecule has 0 atom stereocenters. The number of aromatic nitrogens is 1. The van der Waals surface area contributed by atoms with Gasteiger partial charge < -0.3 is 15.5 Å². The molecule has 0 bridgehead atoms. The number of rotatable bonds is 3. The average molecular weight is 395 g/mol. The fourth-order valence-electron chi connectivity index (χ4n) is 3.51. The van der Waals surface area contributed by atoms with E-state index in [1.165, 1.54) is 5.56 Å². The van der Waals surface area contributed by atoms with Crippen LogP contribution in [0, 0.1) is 0 Å². The number of anilines is 2. The third-order valence-electron chi connectivity index (χ3n) is 4.88. The Labute approximate surface area is 166 Å². The maximum atomic E-state index is 12.5. The molecule has 4 rings (SSSR count). The van der Waals surface area contributed by atoms with Gasteiger partial charge in [0.05, 0.1) is 0 Å². The van der Waals surface area contributed by atoms with Crippen LogP contribution in [-0.4, -0.2) is 36.6 Å². The summed E-state index contributed by atoms with van der Waals surface area (Å²) in [4.78, 5) is 19.2. The van der Waals surface area contributed by atoms with E-state index in [4.69, 9.17) is 0 Å². The molecule has 0 unspecified atom stereocenters. The largest absolute Gasteiger partial charge is 0.384 e. The van der Waals surface area contributed by atoms with Gasteiger partial charge in [0.1, 0.15) is 5.82 Å². The zero-order valence-corrected chi connectivity index (χ0v) is 16.1. The van der Waals surface area contributed by atoms with Crippen molar-refractivity contribution in [3.05, 3.63) is 53.7 Å². The first-order valence-electron chi connectivity index (χ1n) is 8.63. The summed E-state index contributed by atoms with van der Waals surface area (Å²) in [6.45, 7) is 2.82. The molecule has 1 amide bonds. The number of piperidine rings is 1. The second kappa shape index (κ2) is 9.10. The van der Waals surface area contributed by atoms with Crippen LogP contribution in [0.25, 0.3) is 0 Å². The number of amides is 1. The Hall–Kier alpha value is -1.98. The van der Waals surface area contributed by atoms with Gasteiger partial charge in [-0.05, 0) is 55.2 Å². The van der Waals surface area contributed by atoms with Crippen molar-refractivity contribution in [2.45, 2.75) is 25.3 Å². The monoisotopic (exact) mass is 394 g/mol. The number of hydrogen-bond acceptors (Lipinski definition) is 4.